The fourth-order valence-corrected chi connectivity index (χ4v) is 3.90. The minimum absolute atomic E-state index is 0.0801. The lowest BCUT2D eigenvalue weighted by Crippen LogP contribution is -2.38. The van der Waals surface area contributed by atoms with Crippen LogP contribution < -0.4 is 14.9 Å². The summed E-state index contributed by atoms with van der Waals surface area (Å²) in [5.74, 6) is -0.746. The summed E-state index contributed by atoms with van der Waals surface area (Å²) in [5, 5.41) is 5.46. The lowest BCUT2D eigenvalue weighted by molar-refractivity contribution is -0.114. The van der Waals surface area contributed by atoms with Crippen LogP contribution >= 0.6 is 0 Å². The Kier molecular flexibility index (Phi) is 8.00. The number of hydrogen-bond donors (Lipinski definition) is 2. The van der Waals surface area contributed by atoms with Gasteiger partial charge in [-0.3, -0.25) is 13.9 Å². The van der Waals surface area contributed by atoms with Crippen molar-refractivity contribution in [3.8, 4) is 0 Å². The van der Waals surface area contributed by atoms with Crippen molar-refractivity contribution in [2.45, 2.75) is 33.1 Å². The summed E-state index contributed by atoms with van der Waals surface area (Å²) >= 11 is 0. The Morgan fingerprint density at radius 3 is 2.30 bits per heavy atom. The van der Waals surface area contributed by atoms with Crippen molar-refractivity contribution >= 4 is 33.2 Å². The minimum atomic E-state index is -3.71. The highest BCUT2D eigenvalue weighted by molar-refractivity contribution is 7.92. The summed E-state index contributed by atoms with van der Waals surface area (Å²) in [4.78, 5) is 25.1. The molecule has 0 spiro atoms. The number of carbonyl (C=O) groups excluding carboxylic acids is 2. The van der Waals surface area contributed by atoms with Crippen LogP contribution in [0.4, 0.5) is 11.4 Å². The molecule has 2 aromatic carbocycles. The van der Waals surface area contributed by atoms with Gasteiger partial charge in [0, 0.05) is 6.54 Å². The third-order valence-corrected chi connectivity index (χ3v) is 5.62. The van der Waals surface area contributed by atoms with Crippen LogP contribution in [0.25, 0.3) is 0 Å². The second-order valence-electron chi connectivity index (χ2n) is 7.33. The summed E-state index contributed by atoms with van der Waals surface area (Å²) in [5.41, 5.74) is 1.96. The summed E-state index contributed by atoms with van der Waals surface area (Å²) in [6.45, 7) is 6.00. The van der Waals surface area contributed by atoms with Crippen molar-refractivity contribution in [2.24, 2.45) is 0 Å². The molecule has 0 heterocycles. The number of hydrogen-bond acceptors (Lipinski definition) is 4. The van der Waals surface area contributed by atoms with Crippen molar-refractivity contribution in [1.29, 1.82) is 0 Å². The standard InChI is InChI=1S/C22H29N3O4S/c1-5-14-23-22(27)18-11-6-8-12-19(18)24-21(26)15-25(30(4,28)29)20-13-9-7-10-17(20)16(2)3/h6-13,16H,5,14-15H2,1-4H3,(H,23,27)(H,24,26). The van der Waals surface area contributed by atoms with Crippen LogP contribution in [-0.4, -0.2) is 39.6 Å². The van der Waals surface area contributed by atoms with Gasteiger partial charge in [0.05, 0.1) is 23.2 Å². The number of anilines is 2. The number of amides is 2. The second-order valence-corrected chi connectivity index (χ2v) is 9.24. The third kappa shape index (κ3) is 6.06. The van der Waals surface area contributed by atoms with E-state index in [4.69, 9.17) is 0 Å². The van der Waals surface area contributed by atoms with E-state index in [1.54, 1.807) is 36.4 Å². The highest BCUT2D eigenvalue weighted by atomic mass is 32.2. The summed E-state index contributed by atoms with van der Waals surface area (Å²) in [7, 11) is -3.71. The second kappa shape index (κ2) is 10.2. The molecule has 0 bridgehead atoms. The van der Waals surface area contributed by atoms with Gasteiger partial charge in [-0.25, -0.2) is 8.42 Å². The van der Waals surface area contributed by atoms with Gasteiger partial charge in [-0.15, -0.1) is 0 Å². The molecule has 0 radical (unpaired) electrons. The number of sulfonamides is 1. The van der Waals surface area contributed by atoms with E-state index in [0.717, 1.165) is 22.5 Å². The molecule has 0 aliphatic heterocycles. The van der Waals surface area contributed by atoms with Gasteiger partial charge in [0.15, 0.2) is 0 Å². The van der Waals surface area contributed by atoms with E-state index < -0.39 is 22.5 Å². The first-order chi connectivity index (χ1) is 14.1. The summed E-state index contributed by atoms with van der Waals surface area (Å²) in [6, 6.07) is 13.8. The molecule has 8 heteroatoms. The zero-order chi connectivity index (χ0) is 22.3. The molecule has 0 aromatic heterocycles. The Balaban J connectivity index is 2.29. The van der Waals surface area contributed by atoms with Crippen molar-refractivity contribution in [2.75, 3.05) is 29.0 Å². The number of nitrogens with one attached hydrogen (secondary N) is 2. The molecule has 0 atom stereocenters. The molecule has 162 valence electrons. The quantitative estimate of drug-likeness (QED) is 0.636. The van der Waals surface area contributed by atoms with E-state index in [9.17, 15) is 18.0 Å². The summed E-state index contributed by atoms with van der Waals surface area (Å²) < 4.78 is 26.0. The van der Waals surface area contributed by atoms with E-state index >= 15 is 0 Å². The predicted molar refractivity (Wildman–Crippen MR) is 120 cm³/mol. The van der Waals surface area contributed by atoms with Crippen LogP contribution in [-0.2, 0) is 14.8 Å². The molecule has 0 aliphatic rings. The molecule has 0 fully saturated rings. The Bertz CT molecular complexity index is 1000. The van der Waals surface area contributed by atoms with Crippen LogP contribution in [0.5, 0.6) is 0 Å². The molecular weight excluding hydrogens is 402 g/mol. The molecule has 30 heavy (non-hydrogen) atoms. The fraction of sp³-hybridized carbons (Fsp3) is 0.364. The number of benzene rings is 2. The van der Waals surface area contributed by atoms with Gasteiger partial charge in [0.1, 0.15) is 6.54 Å². The Labute approximate surface area is 178 Å². The maximum Gasteiger partial charge on any atom is 0.253 e. The fourth-order valence-electron chi connectivity index (χ4n) is 3.03. The van der Waals surface area contributed by atoms with Gasteiger partial charge in [-0.05, 0) is 36.1 Å². The first-order valence-corrected chi connectivity index (χ1v) is 11.7. The van der Waals surface area contributed by atoms with Crippen LogP contribution in [0.2, 0.25) is 0 Å². The van der Waals surface area contributed by atoms with Gasteiger partial charge in [-0.2, -0.15) is 0 Å². The van der Waals surface area contributed by atoms with E-state index in [-0.39, 0.29) is 11.8 Å². The third-order valence-electron chi connectivity index (χ3n) is 4.50. The Morgan fingerprint density at radius 2 is 1.67 bits per heavy atom. The van der Waals surface area contributed by atoms with Gasteiger partial charge >= 0.3 is 0 Å². The van der Waals surface area contributed by atoms with E-state index in [0.29, 0.717) is 23.5 Å². The van der Waals surface area contributed by atoms with Crippen molar-refractivity contribution in [3.63, 3.8) is 0 Å². The number of rotatable bonds is 9. The topological polar surface area (TPSA) is 95.6 Å². The average Bonchev–Trinajstić information content (AvgIpc) is 2.69. The number of para-hydroxylation sites is 2. The van der Waals surface area contributed by atoms with E-state index in [1.165, 1.54) is 0 Å². The average molecular weight is 432 g/mol. The highest BCUT2D eigenvalue weighted by Gasteiger charge is 2.24. The zero-order valence-electron chi connectivity index (χ0n) is 17.8. The van der Waals surface area contributed by atoms with Gasteiger partial charge in [0.25, 0.3) is 5.91 Å². The van der Waals surface area contributed by atoms with Crippen molar-refractivity contribution < 1.29 is 18.0 Å². The van der Waals surface area contributed by atoms with Gasteiger partial charge in [-0.1, -0.05) is 51.1 Å². The lowest BCUT2D eigenvalue weighted by atomic mass is 10.0. The minimum Gasteiger partial charge on any atom is -0.352 e. The first kappa shape index (κ1) is 23.4. The molecule has 2 rings (SSSR count). The predicted octanol–water partition coefficient (Wildman–Crippen LogP) is 3.35. The van der Waals surface area contributed by atoms with Crippen molar-refractivity contribution in [1.82, 2.24) is 5.32 Å². The molecule has 2 aromatic rings. The molecule has 2 N–H and O–H groups in total. The lowest BCUT2D eigenvalue weighted by Gasteiger charge is -2.25. The molecular formula is C22H29N3O4S. The largest absolute Gasteiger partial charge is 0.352 e. The van der Waals surface area contributed by atoms with Crippen LogP contribution in [0.3, 0.4) is 0 Å². The van der Waals surface area contributed by atoms with E-state index in [1.807, 2.05) is 32.9 Å². The Morgan fingerprint density at radius 1 is 1.03 bits per heavy atom. The molecule has 2 amide bonds. The molecule has 0 unspecified atom stereocenters. The molecule has 0 aliphatic carbocycles. The molecule has 7 nitrogen and oxygen atoms in total. The Hall–Kier alpha value is -2.87. The number of nitrogens with zero attached hydrogens (tertiary/aromatic N) is 1. The van der Waals surface area contributed by atoms with Crippen LogP contribution in [0.15, 0.2) is 48.5 Å². The first-order valence-electron chi connectivity index (χ1n) is 9.88. The monoisotopic (exact) mass is 431 g/mol. The number of carbonyl (C=O) groups is 2. The highest BCUT2D eigenvalue weighted by Crippen LogP contribution is 2.29. The van der Waals surface area contributed by atoms with Gasteiger partial charge in [0.2, 0.25) is 15.9 Å². The van der Waals surface area contributed by atoms with E-state index in [2.05, 4.69) is 10.6 Å². The summed E-state index contributed by atoms with van der Waals surface area (Å²) in [6.07, 6.45) is 1.86. The maximum absolute atomic E-state index is 12.8. The SMILES string of the molecule is CCCNC(=O)c1ccccc1NC(=O)CN(c1ccccc1C(C)C)S(C)(=O)=O. The smallest absolute Gasteiger partial charge is 0.253 e. The van der Waals surface area contributed by atoms with Gasteiger partial charge < -0.3 is 10.6 Å². The van der Waals surface area contributed by atoms with Crippen molar-refractivity contribution in [3.05, 3.63) is 59.7 Å². The molecule has 0 saturated heterocycles. The maximum atomic E-state index is 12.8. The zero-order valence-corrected chi connectivity index (χ0v) is 18.6. The van der Waals surface area contributed by atoms with Crippen LogP contribution in [0, 0.1) is 0 Å². The normalized spacial score (nSPS) is 11.2. The molecule has 0 saturated carbocycles. The van der Waals surface area contributed by atoms with Crippen LogP contribution in [0.1, 0.15) is 49.0 Å².